The monoisotopic (exact) mass is 431 g/mol. The van der Waals surface area contributed by atoms with Crippen molar-refractivity contribution in [2.75, 3.05) is 60.5 Å². The maximum absolute atomic E-state index is 10.5. The molecule has 1 aliphatic rings. The first-order valence-corrected chi connectivity index (χ1v) is 11.1. The molecule has 8 heteroatoms. The van der Waals surface area contributed by atoms with Crippen molar-refractivity contribution in [3.05, 3.63) is 42.0 Å². The van der Waals surface area contributed by atoms with E-state index in [9.17, 15) is 5.11 Å². The van der Waals surface area contributed by atoms with Gasteiger partial charge in [0.15, 0.2) is 0 Å². The standard InChI is InChI=1S/C23H37N5O3/c1-5-28-9-8-24-23(28)17-26(3)15-19-6-7-21(30-4)14-22(19)31-18-20(29)16-27-12-10-25(2)11-13-27/h6-9,14,20,29H,5,10-13,15-18H2,1-4H3/t20-/m1/s1. The highest BCUT2D eigenvalue weighted by molar-refractivity contribution is 5.40. The van der Waals surface area contributed by atoms with Gasteiger partial charge in [0.1, 0.15) is 30.0 Å². The van der Waals surface area contributed by atoms with Gasteiger partial charge in [0.25, 0.3) is 0 Å². The molecule has 2 aromatic rings. The van der Waals surface area contributed by atoms with Crippen LogP contribution in [0.2, 0.25) is 0 Å². The summed E-state index contributed by atoms with van der Waals surface area (Å²) in [6.45, 7) is 9.42. The Morgan fingerprint density at radius 2 is 1.97 bits per heavy atom. The number of nitrogens with zero attached hydrogens (tertiary/aromatic N) is 5. The van der Waals surface area contributed by atoms with Gasteiger partial charge in [0, 0.05) is 69.8 Å². The number of aromatic nitrogens is 2. The second-order valence-corrected chi connectivity index (χ2v) is 8.34. The van der Waals surface area contributed by atoms with E-state index in [1.165, 1.54) is 0 Å². The van der Waals surface area contributed by atoms with Crippen LogP contribution in [0, 0.1) is 0 Å². The Balaban J connectivity index is 1.58. The normalized spacial score (nSPS) is 16.6. The van der Waals surface area contributed by atoms with E-state index in [1.54, 1.807) is 7.11 Å². The Bertz CT molecular complexity index is 804. The fourth-order valence-corrected chi connectivity index (χ4v) is 3.86. The minimum absolute atomic E-state index is 0.260. The van der Waals surface area contributed by atoms with E-state index in [2.05, 4.69) is 45.3 Å². The highest BCUT2D eigenvalue weighted by atomic mass is 16.5. The van der Waals surface area contributed by atoms with E-state index in [1.807, 2.05) is 30.6 Å². The summed E-state index contributed by atoms with van der Waals surface area (Å²) in [5.74, 6) is 2.54. The molecule has 1 aliphatic heterocycles. The lowest BCUT2D eigenvalue weighted by Gasteiger charge is -2.33. The molecular weight excluding hydrogens is 394 g/mol. The molecule has 3 rings (SSSR count). The molecule has 31 heavy (non-hydrogen) atoms. The van der Waals surface area contributed by atoms with Crippen LogP contribution in [0.1, 0.15) is 18.3 Å². The molecule has 1 fully saturated rings. The fourth-order valence-electron chi connectivity index (χ4n) is 3.86. The van der Waals surface area contributed by atoms with Gasteiger partial charge in [-0.25, -0.2) is 4.98 Å². The van der Waals surface area contributed by atoms with Crippen molar-refractivity contribution < 1.29 is 14.6 Å². The molecule has 0 aliphatic carbocycles. The Kier molecular flexibility index (Phi) is 8.71. The largest absolute Gasteiger partial charge is 0.497 e. The third kappa shape index (κ3) is 6.93. The molecule has 0 unspecified atom stereocenters. The van der Waals surface area contributed by atoms with Crippen molar-refractivity contribution in [2.45, 2.75) is 32.7 Å². The molecule has 0 saturated carbocycles. The Hall–Kier alpha value is -2.13. The number of piperazine rings is 1. The van der Waals surface area contributed by atoms with Crippen LogP contribution in [-0.2, 0) is 19.6 Å². The number of aryl methyl sites for hydroxylation is 1. The predicted molar refractivity (Wildman–Crippen MR) is 122 cm³/mol. The van der Waals surface area contributed by atoms with E-state index in [-0.39, 0.29) is 6.61 Å². The number of imidazole rings is 1. The lowest BCUT2D eigenvalue weighted by atomic mass is 10.1. The Morgan fingerprint density at radius 3 is 2.68 bits per heavy atom. The van der Waals surface area contributed by atoms with Crippen molar-refractivity contribution in [3.8, 4) is 11.5 Å². The SMILES string of the molecule is CCn1ccnc1CN(C)Cc1ccc(OC)cc1OC[C@H](O)CN1CCN(C)CC1. The number of hydrogen-bond acceptors (Lipinski definition) is 7. The van der Waals surface area contributed by atoms with Crippen molar-refractivity contribution in [2.24, 2.45) is 0 Å². The van der Waals surface area contributed by atoms with Crippen LogP contribution in [0.15, 0.2) is 30.6 Å². The first kappa shape index (κ1) is 23.5. The highest BCUT2D eigenvalue weighted by Gasteiger charge is 2.18. The summed E-state index contributed by atoms with van der Waals surface area (Å²) in [5.41, 5.74) is 1.06. The Morgan fingerprint density at radius 1 is 1.19 bits per heavy atom. The van der Waals surface area contributed by atoms with E-state index >= 15 is 0 Å². The van der Waals surface area contributed by atoms with E-state index in [4.69, 9.17) is 9.47 Å². The van der Waals surface area contributed by atoms with Gasteiger partial charge in [-0.15, -0.1) is 0 Å². The summed E-state index contributed by atoms with van der Waals surface area (Å²) >= 11 is 0. The maximum atomic E-state index is 10.5. The fraction of sp³-hybridized carbons (Fsp3) is 0.609. The molecule has 8 nitrogen and oxygen atoms in total. The van der Waals surface area contributed by atoms with E-state index in [0.29, 0.717) is 13.1 Å². The number of rotatable bonds is 11. The van der Waals surface area contributed by atoms with Crippen LogP contribution in [0.4, 0.5) is 0 Å². The first-order valence-electron chi connectivity index (χ1n) is 11.1. The summed E-state index contributed by atoms with van der Waals surface area (Å²) in [7, 11) is 5.86. The van der Waals surface area contributed by atoms with Gasteiger partial charge in [-0.2, -0.15) is 0 Å². The van der Waals surface area contributed by atoms with Crippen LogP contribution >= 0.6 is 0 Å². The number of hydrogen-bond donors (Lipinski definition) is 1. The second-order valence-electron chi connectivity index (χ2n) is 8.34. The molecule has 1 saturated heterocycles. The van der Waals surface area contributed by atoms with Gasteiger partial charge < -0.3 is 24.0 Å². The number of methoxy groups -OCH3 is 1. The predicted octanol–water partition coefficient (Wildman–Crippen LogP) is 1.53. The van der Waals surface area contributed by atoms with Crippen LogP contribution in [-0.4, -0.2) is 96.0 Å². The van der Waals surface area contributed by atoms with Crippen LogP contribution in [0.3, 0.4) is 0 Å². The summed E-state index contributed by atoms with van der Waals surface area (Å²) in [4.78, 5) is 11.3. The third-order valence-electron chi connectivity index (χ3n) is 5.76. The number of β-amino-alcohol motifs (C(OH)–C–C–N with tert-alkyl or cyclic N) is 1. The number of aliphatic hydroxyl groups is 1. The zero-order valence-corrected chi connectivity index (χ0v) is 19.3. The first-order chi connectivity index (χ1) is 15.0. The van der Waals surface area contributed by atoms with Crippen molar-refractivity contribution in [1.82, 2.24) is 24.3 Å². The summed E-state index contributed by atoms with van der Waals surface area (Å²) < 4.78 is 13.6. The van der Waals surface area contributed by atoms with Crippen LogP contribution < -0.4 is 9.47 Å². The smallest absolute Gasteiger partial charge is 0.127 e. The molecule has 1 atom stereocenters. The van der Waals surface area contributed by atoms with Gasteiger partial charge in [0.05, 0.1) is 13.7 Å². The molecule has 0 spiro atoms. The van der Waals surface area contributed by atoms with Crippen molar-refractivity contribution >= 4 is 0 Å². The average Bonchev–Trinajstić information content (AvgIpc) is 3.21. The molecule has 172 valence electrons. The van der Waals surface area contributed by atoms with Gasteiger partial charge in [-0.3, -0.25) is 9.80 Å². The summed E-state index contributed by atoms with van der Waals surface area (Å²) in [5, 5.41) is 10.5. The van der Waals surface area contributed by atoms with Gasteiger partial charge in [-0.1, -0.05) is 6.07 Å². The number of likely N-dealkylation sites (N-methyl/N-ethyl adjacent to an activating group) is 1. The van der Waals surface area contributed by atoms with E-state index in [0.717, 1.165) is 62.2 Å². The van der Waals surface area contributed by atoms with Crippen molar-refractivity contribution in [3.63, 3.8) is 0 Å². The molecule has 1 aromatic heterocycles. The average molecular weight is 432 g/mol. The molecule has 1 aromatic carbocycles. The van der Waals surface area contributed by atoms with Crippen molar-refractivity contribution in [1.29, 1.82) is 0 Å². The molecule has 0 bridgehead atoms. The summed E-state index contributed by atoms with van der Waals surface area (Å²) in [6.07, 6.45) is 3.32. The molecular formula is C23H37N5O3. The summed E-state index contributed by atoms with van der Waals surface area (Å²) in [6, 6.07) is 5.88. The lowest BCUT2D eigenvalue weighted by molar-refractivity contribution is 0.0500. The number of aliphatic hydroxyl groups excluding tert-OH is 1. The van der Waals surface area contributed by atoms with Gasteiger partial charge >= 0.3 is 0 Å². The Labute approximate surface area is 186 Å². The molecule has 0 amide bonds. The minimum atomic E-state index is -0.530. The zero-order chi connectivity index (χ0) is 22.2. The highest BCUT2D eigenvalue weighted by Crippen LogP contribution is 2.26. The quantitative estimate of drug-likeness (QED) is 0.579. The van der Waals surface area contributed by atoms with E-state index < -0.39 is 6.10 Å². The lowest BCUT2D eigenvalue weighted by Crippen LogP contribution is -2.47. The molecule has 0 radical (unpaired) electrons. The molecule has 1 N–H and O–H groups in total. The van der Waals surface area contributed by atoms with Crippen LogP contribution in [0.5, 0.6) is 11.5 Å². The van der Waals surface area contributed by atoms with Gasteiger partial charge in [-0.05, 0) is 27.1 Å². The van der Waals surface area contributed by atoms with Crippen LogP contribution in [0.25, 0.3) is 0 Å². The number of ether oxygens (including phenoxy) is 2. The second kappa shape index (κ2) is 11.5. The third-order valence-corrected chi connectivity index (χ3v) is 5.76. The minimum Gasteiger partial charge on any atom is -0.497 e. The topological polar surface area (TPSA) is 66.2 Å². The zero-order valence-electron chi connectivity index (χ0n) is 19.3. The molecule has 2 heterocycles. The maximum Gasteiger partial charge on any atom is 0.127 e. The van der Waals surface area contributed by atoms with Gasteiger partial charge in [0.2, 0.25) is 0 Å². The number of benzene rings is 1.